The van der Waals surface area contributed by atoms with Gasteiger partial charge in [0.2, 0.25) is 0 Å². The second kappa shape index (κ2) is 5.12. The highest BCUT2D eigenvalue weighted by Crippen LogP contribution is 2.27. The lowest BCUT2D eigenvalue weighted by atomic mass is 9.86. The second-order valence-electron chi connectivity index (χ2n) is 4.95. The molecule has 2 rings (SSSR count). The predicted octanol–water partition coefficient (Wildman–Crippen LogP) is 1.27. The first-order valence-corrected chi connectivity index (χ1v) is 5.75. The largest absolute Gasteiger partial charge is 0.396 e. The fourth-order valence-electron chi connectivity index (χ4n) is 2.15. The minimum absolute atomic E-state index is 0.102. The summed E-state index contributed by atoms with van der Waals surface area (Å²) >= 11 is 0. The van der Waals surface area contributed by atoms with Crippen molar-refractivity contribution in [2.24, 2.45) is 5.41 Å². The number of hydrogen-bond acceptors (Lipinski definition) is 3. The van der Waals surface area contributed by atoms with Gasteiger partial charge in [-0.1, -0.05) is 12.1 Å². The number of aliphatic hydroxyl groups is 1. The molecule has 0 radical (unpaired) electrons. The molecular weight excluding hydrogens is 221 g/mol. The molecule has 3 nitrogen and oxygen atoms in total. The van der Waals surface area contributed by atoms with Gasteiger partial charge in [-0.15, -0.1) is 0 Å². The van der Waals surface area contributed by atoms with Crippen molar-refractivity contribution in [3.8, 4) is 0 Å². The molecule has 17 heavy (non-hydrogen) atoms. The first-order valence-electron chi connectivity index (χ1n) is 5.75. The molecule has 94 valence electrons. The van der Waals surface area contributed by atoms with E-state index in [4.69, 9.17) is 4.74 Å². The minimum atomic E-state index is -0.212. The van der Waals surface area contributed by atoms with E-state index < -0.39 is 0 Å². The molecule has 0 amide bonds. The van der Waals surface area contributed by atoms with E-state index in [0.717, 1.165) is 18.7 Å². The van der Waals surface area contributed by atoms with Crippen LogP contribution in [0.5, 0.6) is 0 Å². The maximum Gasteiger partial charge on any atom is 0.123 e. The Bertz CT molecular complexity index is 357. The molecule has 1 aliphatic rings. The van der Waals surface area contributed by atoms with Gasteiger partial charge in [0, 0.05) is 13.1 Å². The maximum absolute atomic E-state index is 12.8. The van der Waals surface area contributed by atoms with Crippen molar-refractivity contribution < 1.29 is 14.2 Å². The summed E-state index contributed by atoms with van der Waals surface area (Å²) < 4.78 is 17.9. The highest BCUT2D eigenvalue weighted by Gasteiger charge is 2.38. The molecule has 1 aromatic carbocycles. The van der Waals surface area contributed by atoms with Crippen LogP contribution in [0.3, 0.4) is 0 Å². The van der Waals surface area contributed by atoms with E-state index in [2.05, 4.69) is 4.90 Å². The van der Waals surface area contributed by atoms with Crippen molar-refractivity contribution >= 4 is 0 Å². The number of halogens is 1. The normalized spacial score (nSPS) is 18.1. The molecule has 0 unspecified atom stereocenters. The van der Waals surface area contributed by atoms with E-state index in [1.807, 2.05) is 7.05 Å². The predicted molar refractivity (Wildman–Crippen MR) is 63.1 cm³/mol. The van der Waals surface area contributed by atoms with Crippen LogP contribution in [0.15, 0.2) is 24.3 Å². The minimum Gasteiger partial charge on any atom is -0.396 e. The Balaban J connectivity index is 1.88. The lowest BCUT2D eigenvalue weighted by Crippen LogP contribution is -2.52. The zero-order chi connectivity index (χ0) is 12.3. The molecule has 1 saturated heterocycles. The lowest BCUT2D eigenvalue weighted by molar-refractivity contribution is -0.147. The molecule has 0 bridgehead atoms. The second-order valence-corrected chi connectivity index (χ2v) is 4.95. The summed E-state index contributed by atoms with van der Waals surface area (Å²) in [6.45, 7) is 2.94. The number of rotatable bonds is 5. The van der Waals surface area contributed by atoms with Gasteiger partial charge in [-0.3, -0.25) is 0 Å². The highest BCUT2D eigenvalue weighted by atomic mass is 19.1. The molecule has 1 heterocycles. The summed E-state index contributed by atoms with van der Waals surface area (Å²) in [5, 5.41) is 9.33. The summed E-state index contributed by atoms with van der Waals surface area (Å²) in [6.07, 6.45) is 0. The van der Waals surface area contributed by atoms with E-state index in [9.17, 15) is 9.50 Å². The van der Waals surface area contributed by atoms with E-state index in [1.165, 1.54) is 12.1 Å². The Hall–Kier alpha value is -0.970. The Morgan fingerprint density at radius 1 is 1.35 bits per heavy atom. The van der Waals surface area contributed by atoms with E-state index in [0.29, 0.717) is 13.2 Å². The Morgan fingerprint density at radius 3 is 2.47 bits per heavy atom. The van der Waals surface area contributed by atoms with Crippen LogP contribution in [-0.4, -0.2) is 43.4 Å². The van der Waals surface area contributed by atoms with Crippen molar-refractivity contribution in [1.82, 2.24) is 4.90 Å². The van der Waals surface area contributed by atoms with Gasteiger partial charge >= 0.3 is 0 Å². The molecule has 0 saturated carbocycles. The van der Waals surface area contributed by atoms with Crippen molar-refractivity contribution in [3.05, 3.63) is 35.6 Å². The average molecular weight is 239 g/mol. The van der Waals surface area contributed by atoms with Crippen LogP contribution in [0.25, 0.3) is 0 Å². The van der Waals surface area contributed by atoms with E-state index in [1.54, 1.807) is 12.1 Å². The highest BCUT2D eigenvalue weighted by molar-refractivity contribution is 5.15. The van der Waals surface area contributed by atoms with Crippen molar-refractivity contribution in [2.75, 3.05) is 33.4 Å². The van der Waals surface area contributed by atoms with Gasteiger partial charge in [0.05, 0.1) is 25.2 Å². The summed E-state index contributed by atoms with van der Waals surface area (Å²) in [4.78, 5) is 2.13. The molecular formula is C13H18FNO2. The zero-order valence-corrected chi connectivity index (χ0v) is 10.0. The first kappa shape index (κ1) is 12.5. The molecule has 0 atom stereocenters. The van der Waals surface area contributed by atoms with Crippen LogP contribution < -0.4 is 0 Å². The van der Waals surface area contributed by atoms with Crippen molar-refractivity contribution in [2.45, 2.75) is 6.54 Å². The van der Waals surface area contributed by atoms with Gasteiger partial charge < -0.3 is 14.7 Å². The number of aliphatic hydroxyl groups excluding tert-OH is 1. The Morgan fingerprint density at radius 2 is 2.00 bits per heavy atom. The average Bonchev–Trinajstić information content (AvgIpc) is 2.27. The number of nitrogens with zero attached hydrogens (tertiary/aromatic N) is 1. The summed E-state index contributed by atoms with van der Waals surface area (Å²) in [6, 6.07) is 6.51. The molecule has 0 spiro atoms. The standard InChI is InChI=1S/C13H18FNO2/c1-15(7-13(8-16)9-17-10-13)6-11-2-4-12(14)5-3-11/h2-5,16H,6-10H2,1H3. The van der Waals surface area contributed by atoms with Gasteiger partial charge in [0.1, 0.15) is 5.82 Å². The van der Waals surface area contributed by atoms with Crippen molar-refractivity contribution in [1.29, 1.82) is 0 Å². The quantitative estimate of drug-likeness (QED) is 0.840. The Kier molecular flexibility index (Phi) is 3.76. The number of hydrogen-bond donors (Lipinski definition) is 1. The van der Waals surface area contributed by atoms with E-state index in [-0.39, 0.29) is 17.8 Å². The molecule has 0 aliphatic carbocycles. The monoisotopic (exact) mass is 239 g/mol. The lowest BCUT2D eigenvalue weighted by Gasteiger charge is -2.42. The molecule has 4 heteroatoms. The molecule has 1 N–H and O–H groups in total. The third-order valence-corrected chi connectivity index (χ3v) is 3.12. The van der Waals surface area contributed by atoms with Gasteiger partial charge in [0.15, 0.2) is 0 Å². The SMILES string of the molecule is CN(Cc1ccc(F)cc1)CC1(CO)COC1. The topological polar surface area (TPSA) is 32.7 Å². The molecule has 0 aromatic heterocycles. The molecule has 1 fully saturated rings. The fourth-order valence-corrected chi connectivity index (χ4v) is 2.15. The van der Waals surface area contributed by atoms with Gasteiger partial charge in [-0.25, -0.2) is 4.39 Å². The van der Waals surface area contributed by atoms with Crippen molar-refractivity contribution in [3.63, 3.8) is 0 Å². The van der Waals surface area contributed by atoms with E-state index >= 15 is 0 Å². The van der Waals surface area contributed by atoms with Gasteiger partial charge in [-0.05, 0) is 24.7 Å². The third-order valence-electron chi connectivity index (χ3n) is 3.12. The Labute approximate surface area is 101 Å². The molecule has 1 aromatic rings. The summed E-state index contributed by atoms with van der Waals surface area (Å²) in [5.41, 5.74) is 0.969. The fraction of sp³-hybridized carbons (Fsp3) is 0.538. The third kappa shape index (κ3) is 3.03. The first-order chi connectivity index (χ1) is 8.13. The van der Waals surface area contributed by atoms with Crippen LogP contribution in [-0.2, 0) is 11.3 Å². The number of ether oxygens (including phenoxy) is 1. The summed E-state index contributed by atoms with van der Waals surface area (Å²) in [5.74, 6) is -0.212. The zero-order valence-electron chi connectivity index (χ0n) is 10.0. The van der Waals surface area contributed by atoms with Crippen LogP contribution in [0.4, 0.5) is 4.39 Å². The van der Waals surface area contributed by atoms with Crippen LogP contribution in [0, 0.1) is 11.2 Å². The van der Waals surface area contributed by atoms with Gasteiger partial charge in [0.25, 0.3) is 0 Å². The van der Waals surface area contributed by atoms with Gasteiger partial charge in [-0.2, -0.15) is 0 Å². The summed E-state index contributed by atoms with van der Waals surface area (Å²) in [7, 11) is 2.00. The maximum atomic E-state index is 12.8. The molecule has 1 aliphatic heterocycles. The van der Waals surface area contributed by atoms with Crippen LogP contribution in [0.1, 0.15) is 5.56 Å². The van der Waals surface area contributed by atoms with Crippen LogP contribution >= 0.6 is 0 Å². The van der Waals surface area contributed by atoms with Crippen LogP contribution in [0.2, 0.25) is 0 Å². The number of benzene rings is 1. The smallest absolute Gasteiger partial charge is 0.123 e.